The molecule has 5 nitrogen and oxygen atoms in total. The molecule has 5 heteroatoms. The maximum atomic E-state index is 11.9. The first kappa shape index (κ1) is 26.5. The Labute approximate surface area is 187 Å². The lowest BCUT2D eigenvalue weighted by atomic mass is 10.0. The van der Waals surface area contributed by atoms with Crippen LogP contribution < -0.4 is 0 Å². The molecule has 1 atom stereocenters. The van der Waals surface area contributed by atoms with E-state index in [1.54, 1.807) is 48.5 Å². The average Bonchev–Trinajstić information content (AvgIpc) is 2.77. The molecular weight excluding hydrogens is 390 g/mol. The van der Waals surface area contributed by atoms with E-state index < -0.39 is 6.10 Å². The lowest BCUT2D eigenvalue weighted by molar-refractivity contribution is -0.144. The van der Waals surface area contributed by atoms with Gasteiger partial charge in [-0.3, -0.25) is 9.59 Å². The molecule has 1 unspecified atom stereocenters. The van der Waals surface area contributed by atoms with Gasteiger partial charge in [0.1, 0.15) is 6.10 Å². The van der Waals surface area contributed by atoms with Crippen LogP contribution >= 0.6 is 0 Å². The highest BCUT2D eigenvalue weighted by Gasteiger charge is 2.18. The van der Waals surface area contributed by atoms with Crippen molar-refractivity contribution in [3.05, 3.63) is 71.8 Å². The number of hydrogen-bond donors (Lipinski definition) is 1. The van der Waals surface area contributed by atoms with E-state index in [0.29, 0.717) is 30.1 Å². The van der Waals surface area contributed by atoms with Crippen LogP contribution in [0.1, 0.15) is 61.6 Å². The zero-order valence-corrected chi connectivity index (χ0v) is 19.3. The van der Waals surface area contributed by atoms with E-state index in [2.05, 4.69) is 18.7 Å². The standard InChI is InChI=1S/C14H12O2.C12H25NO2/c15-13(11-7-3-1-4-8-11)14(16)12-9-5-2-6-10-12;1-11(2)8-10-15-12(14)7-5-6-9-13(3)4/h1-10,13,15H;11H,5-10H2,1-4H3. The molecule has 0 amide bonds. The van der Waals surface area contributed by atoms with Gasteiger partial charge in [0.2, 0.25) is 0 Å². The highest BCUT2D eigenvalue weighted by atomic mass is 16.5. The molecule has 0 aliphatic heterocycles. The minimum absolute atomic E-state index is 0.0468. The van der Waals surface area contributed by atoms with Crippen molar-refractivity contribution in [2.45, 2.75) is 45.6 Å². The largest absolute Gasteiger partial charge is 0.466 e. The maximum absolute atomic E-state index is 11.9. The summed E-state index contributed by atoms with van der Waals surface area (Å²) in [5.74, 6) is 0.285. The second-order valence-electron chi connectivity index (χ2n) is 8.21. The van der Waals surface area contributed by atoms with Crippen molar-refractivity contribution in [3.63, 3.8) is 0 Å². The number of rotatable bonds is 11. The quantitative estimate of drug-likeness (QED) is 0.313. The number of carbonyl (C=O) groups is 2. The Morgan fingerprint density at radius 3 is 2.06 bits per heavy atom. The zero-order chi connectivity index (χ0) is 23.1. The molecule has 2 aromatic carbocycles. The molecule has 0 radical (unpaired) electrons. The number of benzene rings is 2. The van der Waals surface area contributed by atoms with Crippen LogP contribution in [0.15, 0.2) is 60.7 Å². The van der Waals surface area contributed by atoms with E-state index in [9.17, 15) is 14.7 Å². The Morgan fingerprint density at radius 1 is 0.935 bits per heavy atom. The molecule has 170 valence electrons. The minimum atomic E-state index is -1.08. The van der Waals surface area contributed by atoms with Crippen LogP contribution in [0.4, 0.5) is 0 Å². The topological polar surface area (TPSA) is 66.8 Å². The molecule has 0 heterocycles. The number of hydrogen-bond acceptors (Lipinski definition) is 5. The van der Waals surface area contributed by atoms with Crippen LogP contribution in [0.25, 0.3) is 0 Å². The minimum Gasteiger partial charge on any atom is -0.466 e. The fourth-order valence-electron chi connectivity index (χ4n) is 2.72. The van der Waals surface area contributed by atoms with E-state index in [1.165, 1.54) is 0 Å². The molecule has 0 fully saturated rings. The van der Waals surface area contributed by atoms with Gasteiger partial charge in [-0.1, -0.05) is 74.5 Å². The van der Waals surface area contributed by atoms with Crippen LogP contribution in [0.5, 0.6) is 0 Å². The molecule has 31 heavy (non-hydrogen) atoms. The van der Waals surface area contributed by atoms with Crippen LogP contribution in [-0.2, 0) is 9.53 Å². The number of aliphatic hydroxyl groups is 1. The van der Waals surface area contributed by atoms with E-state index in [4.69, 9.17) is 4.74 Å². The first-order chi connectivity index (χ1) is 14.8. The Balaban J connectivity index is 0.000000311. The van der Waals surface area contributed by atoms with Gasteiger partial charge in [-0.05, 0) is 51.4 Å². The summed E-state index contributed by atoms with van der Waals surface area (Å²) in [6, 6.07) is 17.7. The van der Waals surface area contributed by atoms with Crippen molar-refractivity contribution in [1.82, 2.24) is 4.90 Å². The zero-order valence-electron chi connectivity index (χ0n) is 19.3. The summed E-state index contributed by atoms with van der Waals surface area (Å²) in [5, 5.41) is 9.89. The van der Waals surface area contributed by atoms with E-state index in [1.807, 2.05) is 26.2 Å². The number of nitrogens with zero attached hydrogens (tertiary/aromatic N) is 1. The smallest absolute Gasteiger partial charge is 0.305 e. The van der Waals surface area contributed by atoms with Crippen LogP contribution in [0.3, 0.4) is 0 Å². The van der Waals surface area contributed by atoms with Gasteiger partial charge in [0.15, 0.2) is 5.78 Å². The maximum Gasteiger partial charge on any atom is 0.305 e. The number of ether oxygens (including phenoxy) is 1. The average molecular weight is 428 g/mol. The SMILES string of the molecule is CC(C)CCOC(=O)CCCCN(C)C.O=C(c1ccccc1)C(O)c1ccccc1. The van der Waals surface area contributed by atoms with Crippen molar-refractivity contribution >= 4 is 11.8 Å². The third-order valence-corrected chi connectivity index (χ3v) is 4.62. The molecule has 0 aliphatic carbocycles. The lowest BCUT2D eigenvalue weighted by Crippen LogP contribution is -2.13. The number of unbranched alkanes of at least 4 members (excludes halogenated alkanes) is 1. The van der Waals surface area contributed by atoms with Crippen LogP contribution in [-0.4, -0.2) is 49.0 Å². The van der Waals surface area contributed by atoms with Crippen molar-refractivity contribution in [2.75, 3.05) is 27.2 Å². The highest BCUT2D eigenvalue weighted by Crippen LogP contribution is 2.17. The van der Waals surface area contributed by atoms with Crippen molar-refractivity contribution in [1.29, 1.82) is 0 Å². The molecule has 2 aromatic rings. The fourth-order valence-corrected chi connectivity index (χ4v) is 2.72. The van der Waals surface area contributed by atoms with E-state index >= 15 is 0 Å². The van der Waals surface area contributed by atoms with Crippen molar-refractivity contribution < 1.29 is 19.4 Å². The van der Waals surface area contributed by atoms with Gasteiger partial charge in [-0.15, -0.1) is 0 Å². The summed E-state index contributed by atoms with van der Waals surface area (Å²) in [7, 11) is 4.09. The first-order valence-corrected chi connectivity index (χ1v) is 10.9. The summed E-state index contributed by atoms with van der Waals surface area (Å²) in [6.07, 6.45) is 2.43. The van der Waals surface area contributed by atoms with Gasteiger partial charge in [0.25, 0.3) is 0 Å². The van der Waals surface area contributed by atoms with Gasteiger partial charge < -0.3 is 14.7 Å². The van der Waals surface area contributed by atoms with Crippen LogP contribution in [0.2, 0.25) is 0 Å². The van der Waals surface area contributed by atoms with Gasteiger partial charge in [0.05, 0.1) is 6.61 Å². The Morgan fingerprint density at radius 2 is 1.52 bits per heavy atom. The fraction of sp³-hybridized carbons (Fsp3) is 0.462. The molecule has 0 saturated carbocycles. The van der Waals surface area contributed by atoms with Crippen molar-refractivity contribution in [3.8, 4) is 0 Å². The predicted octanol–water partition coefficient (Wildman–Crippen LogP) is 4.91. The normalized spacial score (nSPS) is 11.6. The molecule has 0 spiro atoms. The molecule has 0 aliphatic rings. The number of carbonyl (C=O) groups excluding carboxylic acids is 2. The summed E-state index contributed by atoms with van der Waals surface area (Å²) in [4.78, 5) is 25.3. The number of aliphatic hydroxyl groups excluding tert-OH is 1. The second kappa shape index (κ2) is 15.3. The molecule has 0 saturated heterocycles. The summed E-state index contributed by atoms with van der Waals surface area (Å²) in [5.41, 5.74) is 1.15. The van der Waals surface area contributed by atoms with Crippen LogP contribution in [0, 0.1) is 5.92 Å². The predicted molar refractivity (Wildman–Crippen MR) is 125 cm³/mol. The third-order valence-electron chi connectivity index (χ3n) is 4.62. The Hall–Kier alpha value is -2.50. The first-order valence-electron chi connectivity index (χ1n) is 10.9. The molecular formula is C26H37NO4. The Kier molecular flexibility index (Phi) is 13.1. The lowest BCUT2D eigenvalue weighted by Gasteiger charge is -2.09. The molecule has 0 bridgehead atoms. The number of Topliss-reactive ketones (excluding diaryl/α,β-unsaturated/α-hetero) is 1. The van der Waals surface area contributed by atoms with Gasteiger partial charge in [-0.25, -0.2) is 0 Å². The number of esters is 1. The second-order valence-corrected chi connectivity index (χ2v) is 8.21. The van der Waals surface area contributed by atoms with E-state index in [0.717, 1.165) is 25.8 Å². The Bertz CT molecular complexity index is 745. The van der Waals surface area contributed by atoms with E-state index in [-0.39, 0.29) is 11.8 Å². The number of ketones is 1. The highest BCUT2D eigenvalue weighted by molar-refractivity contribution is 5.99. The molecule has 1 N–H and O–H groups in total. The van der Waals surface area contributed by atoms with Gasteiger partial charge in [-0.2, -0.15) is 0 Å². The third kappa shape index (κ3) is 12.1. The monoisotopic (exact) mass is 427 g/mol. The summed E-state index contributed by atoms with van der Waals surface area (Å²) >= 11 is 0. The van der Waals surface area contributed by atoms with Crippen molar-refractivity contribution in [2.24, 2.45) is 5.92 Å². The molecule has 0 aromatic heterocycles. The summed E-state index contributed by atoms with van der Waals surface area (Å²) in [6.45, 7) is 5.87. The summed E-state index contributed by atoms with van der Waals surface area (Å²) < 4.78 is 5.11. The van der Waals surface area contributed by atoms with Gasteiger partial charge in [0, 0.05) is 12.0 Å². The van der Waals surface area contributed by atoms with Gasteiger partial charge >= 0.3 is 5.97 Å². The molecule has 2 rings (SSSR count).